The molecule has 1 unspecified atom stereocenters. The molecule has 2 N–H and O–H groups in total. The molecule has 27 heavy (non-hydrogen) atoms. The maximum absolute atomic E-state index is 12.4. The number of hydrogen-bond acceptors (Lipinski definition) is 5. The maximum Gasteiger partial charge on any atom is 0.279 e. The normalized spacial score (nSPS) is 14.6. The average molecular weight is 384 g/mol. The van der Waals surface area contributed by atoms with E-state index in [0.29, 0.717) is 32.1 Å². The minimum Gasteiger partial charge on any atom is -0.490 e. The molecule has 4 rings (SSSR count). The Bertz CT molecular complexity index is 924. The van der Waals surface area contributed by atoms with Gasteiger partial charge >= 0.3 is 0 Å². The van der Waals surface area contributed by atoms with E-state index in [0.717, 1.165) is 33.3 Å². The summed E-state index contributed by atoms with van der Waals surface area (Å²) in [5, 5.41) is 3.98. The van der Waals surface area contributed by atoms with Crippen LogP contribution in [0.4, 0.5) is 5.69 Å². The van der Waals surface area contributed by atoms with Crippen LogP contribution in [0.1, 0.15) is 11.4 Å². The Balaban J connectivity index is 1.35. The van der Waals surface area contributed by atoms with Crippen LogP contribution in [-0.4, -0.2) is 37.7 Å². The van der Waals surface area contributed by atoms with Crippen molar-refractivity contribution in [2.45, 2.75) is 13.0 Å². The van der Waals surface area contributed by atoms with E-state index in [1.54, 1.807) is 11.3 Å². The molecular weight excluding hydrogens is 362 g/mol. The Morgan fingerprint density at radius 1 is 1.19 bits per heavy atom. The molecule has 1 atom stereocenters. The van der Waals surface area contributed by atoms with Crippen LogP contribution in [0.15, 0.2) is 42.5 Å². The quantitative estimate of drug-likeness (QED) is 0.707. The predicted molar refractivity (Wildman–Crippen MR) is 106 cm³/mol. The Hall–Kier alpha value is -2.64. The fraction of sp³-hybridized carbons (Fsp3) is 0.300. The van der Waals surface area contributed by atoms with Gasteiger partial charge in [0.25, 0.3) is 5.91 Å². The van der Waals surface area contributed by atoms with Gasteiger partial charge in [0, 0.05) is 18.2 Å². The van der Waals surface area contributed by atoms with E-state index in [-0.39, 0.29) is 5.91 Å². The maximum atomic E-state index is 12.4. The molecule has 2 aromatic carbocycles. The lowest BCUT2D eigenvalue weighted by Gasteiger charge is -2.13. The molecule has 3 aromatic rings. The van der Waals surface area contributed by atoms with Gasteiger partial charge in [-0.15, -0.1) is 11.3 Å². The van der Waals surface area contributed by atoms with Crippen LogP contribution < -0.4 is 19.7 Å². The highest BCUT2D eigenvalue weighted by Crippen LogP contribution is 2.32. The predicted octanol–water partition coefficient (Wildman–Crippen LogP) is 2.11. The monoisotopic (exact) mass is 384 g/mol. The molecule has 1 aromatic heterocycles. The zero-order chi connectivity index (χ0) is 18.6. The van der Waals surface area contributed by atoms with Crippen LogP contribution in [-0.2, 0) is 11.3 Å². The van der Waals surface area contributed by atoms with Gasteiger partial charge in [-0.1, -0.05) is 12.1 Å². The highest BCUT2D eigenvalue weighted by Gasteiger charge is 2.15. The standard InChI is InChI=1S/C20H21N3O3S/c1-23(13-20-22-15-5-2-3-6-18(15)27-20)12-19(24)21-14-7-8-16-17(11-14)26-10-4-9-25-16/h2-3,5-8,11H,4,9-10,12-13H2,1H3,(H,21,24)/p+1. The molecule has 2 heterocycles. The number of carbonyl (C=O) groups is 1. The first-order chi connectivity index (χ1) is 13.2. The van der Waals surface area contributed by atoms with Crippen LogP contribution in [0.3, 0.4) is 0 Å². The number of quaternary nitrogens is 1. The van der Waals surface area contributed by atoms with Crippen molar-refractivity contribution < 1.29 is 19.2 Å². The van der Waals surface area contributed by atoms with E-state index in [9.17, 15) is 4.79 Å². The largest absolute Gasteiger partial charge is 0.490 e. The second kappa shape index (κ2) is 7.94. The molecule has 7 heteroatoms. The van der Waals surface area contributed by atoms with Gasteiger partial charge in [-0.3, -0.25) is 4.79 Å². The first-order valence-electron chi connectivity index (χ1n) is 9.02. The van der Waals surface area contributed by atoms with E-state index in [1.165, 1.54) is 4.70 Å². The van der Waals surface area contributed by atoms with Crippen molar-refractivity contribution in [3.63, 3.8) is 0 Å². The number of rotatable bonds is 5. The topological polar surface area (TPSA) is 64.9 Å². The van der Waals surface area contributed by atoms with Gasteiger partial charge in [-0.2, -0.15) is 0 Å². The Kier molecular flexibility index (Phi) is 5.22. The molecule has 0 aliphatic carbocycles. The third-order valence-corrected chi connectivity index (χ3v) is 5.32. The first-order valence-corrected chi connectivity index (χ1v) is 9.84. The number of fused-ring (bicyclic) bond motifs is 2. The molecule has 0 saturated heterocycles. The SMILES string of the molecule is C[NH+](CC(=O)Nc1ccc2c(c1)OCCCO2)Cc1nc2ccccc2s1. The summed E-state index contributed by atoms with van der Waals surface area (Å²) in [6.45, 7) is 2.36. The van der Waals surface area contributed by atoms with E-state index >= 15 is 0 Å². The number of nitrogens with zero attached hydrogens (tertiary/aromatic N) is 1. The van der Waals surface area contributed by atoms with Crippen molar-refractivity contribution >= 4 is 33.1 Å². The van der Waals surface area contributed by atoms with Gasteiger partial charge in [0.15, 0.2) is 18.0 Å². The molecule has 0 radical (unpaired) electrons. The van der Waals surface area contributed by atoms with Crippen molar-refractivity contribution in [2.75, 3.05) is 32.1 Å². The van der Waals surface area contributed by atoms with Gasteiger partial charge in [0.05, 0.1) is 30.5 Å². The molecule has 1 aliphatic rings. The number of hydrogen-bond donors (Lipinski definition) is 2. The number of para-hydroxylation sites is 1. The number of benzene rings is 2. The zero-order valence-corrected chi connectivity index (χ0v) is 16.0. The third kappa shape index (κ3) is 4.37. The highest BCUT2D eigenvalue weighted by molar-refractivity contribution is 7.18. The summed E-state index contributed by atoms with van der Waals surface area (Å²) < 4.78 is 12.5. The number of amides is 1. The lowest BCUT2D eigenvalue weighted by Crippen LogP contribution is -3.08. The van der Waals surface area contributed by atoms with Gasteiger partial charge in [0.2, 0.25) is 0 Å². The summed E-state index contributed by atoms with van der Waals surface area (Å²) in [5.41, 5.74) is 1.74. The van der Waals surface area contributed by atoms with Crippen molar-refractivity contribution in [1.82, 2.24) is 4.98 Å². The van der Waals surface area contributed by atoms with E-state index < -0.39 is 0 Å². The van der Waals surface area contributed by atoms with Crippen molar-refractivity contribution in [1.29, 1.82) is 0 Å². The van der Waals surface area contributed by atoms with Gasteiger partial charge < -0.3 is 19.7 Å². The molecule has 0 fully saturated rings. The Morgan fingerprint density at radius 3 is 2.85 bits per heavy atom. The van der Waals surface area contributed by atoms with Gasteiger partial charge in [-0.25, -0.2) is 4.98 Å². The minimum absolute atomic E-state index is 0.0388. The fourth-order valence-electron chi connectivity index (χ4n) is 3.04. The van der Waals surface area contributed by atoms with Crippen LogP contribution in [0.2, 0.25) is 0 Å². The van der Waals surface area contributed by atoms with Crippen LogP contribution in [0.5, 0.6) is 11.5 Å². The number of ether oxygens (including phenoxy) is 2. The average Bonchev–Trinajstić information content (AvgIpc) is 2.89. The number of aromatic nitrogens is 1. The Morgan fingerprint density at radius 2 is 2.00 bits per heavy atom. The molecule has 0 bridgehead atoms. The van der Waals surface area contributed by atoms with Crippen molar-refractivity contribution in [3.05, 3.63) is 47.5 Å². The van der Waals surface area contributed by atoms with E-state index in [1.807, 2.05) is 43.4 Å². The smallest absolute Gasteiger partial charge is 0.279 e. The minimum atomic E-state index is -0.0388. The van der Waals surface area contributed by atoms with E-state index in [2.05, 4.69) is 16.4 Å². The number of nitrogens with one attached hydrogen (secondary N) is 2. The number of likely N-dealkylation sites (N-methyl/N-ethyl adjacent to an activating group) is 1. The Labute approximate surface area is 161 Å². The molecule has 6 nitrogen and oxygen atoms in total. The summed E-state index contributed by atoms with van der Waals surface area (Å²) in [6.07, 6.45) is 0.857. The van der Waals surface area contributed by atoms with E-state index in [4.69, 9.17) is 9.47 Å². The first kappa shape index (κ1) is 17.8. The summed E-state index contributed by atoms with van der Waals surface area (Å²) in [7, 11) is 2.00. The van der Waals surface area contributed by atoms with Gasteiger partial charge in [0.1, 0.15) is 11.6 Å². The molecule has 140 valence electrons. The number of anilines is 1. The molecule has 1 aliphatic heterocycles. The number of thiazole rings is 1. The van der Waals surface area contributed by atoms with Gasteiger partial charge in [-0.05, 0) is 24.3 Å². The zero-order valence-electron chi connectivity index (χ0n) is 15.2. The lowest BCUT2D eigenvalue weighted by molar-refractivity contribution is -0.885. The van der Waals surface area contributed by atoms with Crippen molar-refractivity contribution in [3.8, 4) is 11.5 Å². The second-order valence-corrected chi connectivity index (χ2v) is 7.76. The molecule has 0 saturated carbocycles. The summed E-state index contributed by atoms with van der Waals surface area (Å²) >= 11 is 1.68. The third-order valence-electron chi connectivity index (χ3n) is 4.28. The highest BCUT2D eigenvalue weighted by atomic mass is 32.1. The molecular formula is C20H22N3O3S+. The molecule has 0 spiro atoms. The summed E-state index contributed by atoms with van der Waals surface area (Å²) in [6, 6.07) is 13.6. The van der Waals surface area contributed by atoms with Crippen LogP contribution in [0.25, 0.3) is 10.2 Å². The summed E-state index contributed by atoms with van der Waals surface area (Å²) in [5.74, 6) is 1.37. The van der Waals surface area contributed by atoms with Crippen molar-refractivity contribution in [2.24, 2.45) is 0 Å². The molecule has 1 amide bonds. The lowest BCUT2D eigenvalue weighted by atomic mass is 10.2. The summed E-state index contributed by atoms with van der Waals surface area (Å²) in [4.78, 5) is 18.1. The number of carbonyl (C=O) groups excluding carboxylic acids is 1. The fourth-order valence-corrected chi connectivity index (χ4v) is 4.12. The van der Waals surface area contributed by atoms with Crippen LogP contribution >= 0.6 is 11.3 Å². The van der Waals surface area contributed by atoms with Crippen LogP contribution in [0, 0.1) is 0 Å². The second-order valence-electron chi connectivity index (χ2n) is 6.65.